The summed E-state index contributed by atoms with van der Waals surface area (Å²) in [6.45, 7) is 0. The van der Waals surface area contributed by atoms with E-state index >= 15 is 0 Å². The van der Waals surface area contributed by atoms with Crippen molar-refractivity contribution in [2.24, 2.45) is 0 Å². The van der Waals surface area contributed by atoms with Gasteiger partial charge in [-0.25, -0.2) is 4.98 Å². The van der Waals surface area contributed by atoms with Crippen LogP contribution in [0.15, 0.2) is 64.6 Å². The van der Waals surface area contributed by atoms with Crippen molar-refractivity contribution >= 4 is 44.2 Å². The quantitative estimate of drug-likeness (QED) is 0.332. The van der Waals surface area contributed by atoms with Crippen molar-refractivity contribution in [3.05, 3.63) is 79.7 Å². The normalized spacial score (nSPS) is 11.0. The van der Waals surface area contributed by atoms with E-state index in [9.17, 15) is 15.4 Å². The molecule has 8 heteroatoms. The van der Waals surface area contributed by atoms with Crippen molar-refractivity contribution < 1.29 is 4.92 Å². The van der Waals surface area contributed by atoms with Gasteiger partial charge in [0.15, 0.2) is 0 Å². The van der Waals surface area contributed by atoms with Crippen LogP contribution in [-0.2, 0) is 0 Å². The molecule has 1 N–H and O–H groups in total. The number of rotatable bonds is 5. The molecule has 0 aliphatic heterocycles. The summed E-state index contributed by atoms with van der Waals surface area (Å²) in [7, 11) is 0. The second kappa shape index (κ2) is 7.91. The number of benzene rings is 2. The van der Waals surface area contributed by atoms with E-state index in [1.54, 1.807) is 18.3 Å². The van der Waals surface area contributed by atoms with Crippen LogP contribution in [0.5, 0.6) is 0 Å². The molecule has 0 aliphatic rings. The first kappa shape index (κ1) is 17.8. The number of thiazole rings is 1. The smallest absolute Gasteiger partial charge is 0.269 e. The van der Waals surface area contributed by atoms with Gasteiger partial charge in [0.05, 0.1) is 10.6 Å². The molecule has 0 spiro atoms. The first-order valence-electron chi connectivity index (χ1n) is 7.40. The number of non-ortho nitro benzene ring substituents is 1. The number of halogens is 1. The van der Waals surface area contributed by atoms with Gasteiger partial charge in [0.1, 0.15) is 16.6 Å². The maximum absolute atomic E-state index is 10.7. The number of nitro groups is 1. The average Bonchev–Trinajstić information content (AvgIpc) is 3.14. The minimum absolute atomic E-state index is 0.0283. The van der Waals surface area contributed by atoms with Crippen LogP contribution in [0.3, 0.4) is 0 Å². The molecule has 6 nitrogen and oxygen atoms in total. The number of nitrogens with one attached hydrogen (secondary N) is 1. The highest BCUT2D eigenvalue weighted by molar-refractivity contribution is 9.10. The van der Waals surface area contributed by atoms with Crippen LogP contribution in [0.1, 0.15) is 5.01 Å². The van der Waals surface area contributed by atoms with Crippen molar-refractivity contribution in [1.82, 2.24) is 4.98 Å². The number of aromatic nitrogens is 1. The lowest BCUT2D eigenvalue weighted by Crippen LogP contribution is -1.91. The molecule has 0 saturated heterocycles. The Morgan fingerprint density at radius 2 is 1.92 bits per heavy atom. The van der Waals surface area contributed by atoms with E-state index in [2.05, 4.69) is 32.3 Å². The SMILES string of the molecule is N#C/C(=C/Nc1ccc(Br)cc1)c1nc(-c2ccc([N+](=O)[O-])cc2)cs1. The molecule has 0 fully saturated rings. The summed E-state index contributed by atoms with van der Waals surface area (Å²) < 4.78 is 0.972. The van der Waals surface area contributed by atoms with E-state index in [-0.39, 0.29) is 5.69 Å². The second-order valence-corrected chi connectivity index (χ2v) is 6.94. The molecular weight excluding hydrogens is 416 g/mol. The fourth-order valence-electron chi connectivity index (χ4n) is 2.13. The summed E-state index contributed by atoms with van der Waals surface area (Å²) in [4.78, 5) is 14.7. The number of nitro benzene ring substituents is 1. The molecule has 0 radical (unpaired) electrons. The Balaban J connectivity index is 1.80. The molecule has 1 heterocycles. The van der Waals surface area contributed by atoms with Crippen LogP contribution in [0.2, 0.25) is 0 Å². The number of hydrogen-bond donors (Lipinski definition) is 1. The molecular formula is C18H11BrN4O2S. The van der Waals surface area contributed by atoms with Crippen molar-refractivity contribution in [1.29, 1.82) is 5.26 Å². The van der Waals surface area contributed by atoms with Gasteiger partial charge in [-0.15, -0.1) is 11.3 Å². The minimum Gasteiger partial charge on any atom is -0.360 e. The van der Waals surface area contributed by atoms with Crippen LogP contribution in [0, 0.1) is 21.4 Å². The Morgan fingerprint density at radius 3 is 2.54 bits per heavy atom. The van der Waals surface area contributed by atoms with E-state index < -0.39 is 4.92 Å². The van der Waals surface area contributed by atoms with Gasteiger partial charge in [0.25, 0.3) is 5.69 Å². The molecule has 0 unspecified atom stereocenters. The van der Waals surface area contributed by atoms with Gasteiger partial charge in [-0.3, -0.25) is 10.1 Å². The van der Waals surface area contributed by atoms with E-state index in [0.29, 0.717) is 16.3 Å². The van der Waals surface area contributed by atoms with Crippen LogP contribution in [0.4, 0.5) is 11.4 Å². The summed E-state index contributed by atoms with van der Waals surface area (Å²) >= 11 is 4.71. The maximum Gasteiger partial charge on any atom is 0.269 e. The third-order valence-corrected chi connectivity index (χ3v) is 4.86. The predicted octanol–water partition coefficient (Wildman–Crippen LogP) is 5.46. The van der Waals surface area contributed by atoms with Crippen molar-refractivity contribution in [2.45, 2.75) is 0 Å². The zero-order valence-corrected chi connectivity index (χ0v) is 15.6. The highest BCUT2D eigenvalue weighted by Crippen LogP contribution is 2.27. The van der Waals surface area contributed by atoms with Crippen LogP contribution >= 0.6 is 27.3 Å². The minimum atomic E-state index is -0.444. The molecule has 128 valence electrons. The summed E-state index contributed by atoms with van der Waals surface area (Å²) in [5, 5.41) is 25.6. The Kier molecular flexibility index (Phi) is 5.41. The van der Waals surface area contributed by atoms with Gasteiger partial charge in [0.2, 0.25) is 0 Å². The van der Waals surface area contributed by atoms with Crippen LogP contribution in [0.25, 0.3) is 16.8 Å². The first-order chi connectivity index (χ1) is 12.6. The molecule has 0 amide bonds. The van der Waals surface area contributed by atoms with Gasteiger partial charge in [-0.05, 0) is 36.4 Å². The Hall–Kier alpha value is -3.02. The van der Waals surface area contributed by atoms with Gasteiger partial charge in [0, 0.05) is 39.4 Å². The zero-order valence-electron chi connectivity index (χ0n) is 13.2. The highest BCUT2D eigenvalue weighted by Gasteiger charge is 2.11. The third-order valence-electron chi connectivity index (χ3n) is 3.46. The molecule has 3 aromatic rings. The van der Waals surface area contributed by atoms with E-state index in [0.717, 1.165) is 15.7 Å². The summed E-state index contributed by atoms with van der Waals surface area (Å²) in [5.74, 6) is 0. The fraction of sp³-hybridized carbons (Fsp3) is 0. The van der Waals surface area contributed by atoms with Crippen molar-refractivity contribution in [3.63, 3.8) is 0 Å². The Morgan fingerprint density at radius 1 is 1.23 bits per heavy atom. The first-order valence-corrected chi connectivity index (χ1v) is 9.07. The lowest BCUT2D eigenvalue weighted by molar-refractivity contribution is -0.384. The Bertz CT molecular complexity index is 1000. The number of nitrogens with zero attached hydrogens (tertiary/aromatic N) is 3. The van der Waals surface area contributed by atoms with Crippen molar-refractivity contribution in [3.8, 4) is 17.3 Å². The predicted molar refractivity (Wildman–Crippen MR) is 106 cm³/mol. The molecule has 3 rings (SSSR count). The number of nitriles is 1. The maximum atomic E-state index is 10.7. The summed E-state index contributed by atoms with van der Waals surface area (Å²) in [6.07, 6.45) is 1.61. The fourth-order valence-corrected chi connectivity index (χ4v) is 3.19. The molecule has 0 atom stereocenters. The van der Waals surface area contributed by atoms with Gasteiger partial charge < -0.3 is 5.32 Å². The number of hydrogen-bond acceptors (Lipinski definition) is 6. The Labute approximate surface area is 161 Å². The monoisotopic (exact) mass is 426 g/mol. The third kappa shape index (κ3) is 4.14. The van der Waals surface area contributed by atoms with Gasteiger partial charge in [-0.1, -0.05) is 15.9 Å². The molecule has 26 heavy (non-hydrogen) atoms. The van der Waals surface area contributed by atoms with Crippen LogP contribution < -0.4 is 5.32 Å². The van der Waals surface area contributed by atoms with Gasteiger partial charge in [-0.2, -0.15) is 5.26 Å². The number of anilines is 1. The topological polar surface area (TPSA) is 91.8 Å². The van der Waals surface area contributed by atoms with E-state index in [1.807, 2.05) is 29.6 Å². The summed E-state index contributed by atoms with van der Waals surface area (Å²) in [5.41, 5.74) is 2.72. The molecule has 0 saturated carbocycles. The molecule has 0 aliphatic carbocycles. The lowest BCUT2D eigenvalue weighted by atomic mass is 10.1. The standard InChI is InChI=1S/C18H11BrN4O2S/c19-14-3-5-15(6-4-14)21-10-13(9-20)18-22-17(11-26-18)12-1-7-16(8-2-12)23(24)25/h1-8,10-11,21H/b13-10-. The van der Waals surface area contributed by atoms with Crippen LogP contribution in [-0.4, -0.2) is 9.91 Å². The number of allylic oxidation sites excluding steroid dienone is 1. The zero-order chi connectivity index (χ0) is 18.5. The second-order valence-electron chi connectivity index (χ2n) is 5.16. The average molecular weight is 427 g/mol. The summed E-state index contributed by atoms with van der Waals surface area (Å²) in [6, 6.07) is 15.9. The van der Waals surface area contributed by atoms with E-state index in [1.165, 1.54) is 23.5 Å². The highest BCUT2D eigenvalue weighted by atomic mass is 79.9. The largest absolute Gasteiger partial charge is 0.360 e. The molecule has 2 aromatic carbocycles. The van der Waals surface area contributed by atoms with E-state index in [4.69, 9.17) is 0 Å². The molecule has 0 bridgehead atoms. The van der Waals surface area contributed by atoms with Gasteiger partial charge >= 0.3 is 0 Å². The van der Waals surface area contributed by atoms with Crippen molar-refractivity contribution in [2.75, 3.05) is 5.32 Å². The lowest BCUT2D eigenvalue weighted by Gasteiger charge is -2.01. The molecule has 1 aromatic heterocycles.